The SMILES string of the molecule is CCC=C(C)C(=O)N(C)Cc1ccc(OC)c(OC)c1. The predicted octanol–water partition coefficient (Wildman–Crippen LogP) is 3.02. The Morgan fingerprint density at radius 2 is 1.90 bits per heavy atom. The minimum Gasteiger partial charge on any atom is -0.493 e. The highest BCUT2D eigenvalue weighted by atomic mass is 16.5. The number of rotatable bonds is 6. The average Bonchev–Trinajstić information content (AvgIpc) is 2.46. The second-order valence-corrected chi connectivity index (χ2v) is 4.65. The number of amides is 1. The number of nitrogens with zero attached hydrogens (tertiary/aromatic N) is 1. The van der Waals surface area contributed by atoms with Crippen LogP contribution in [0.25, 0.3) is 0 Å². The van der Waals surface area contributed by atoms with Crippen LogP contribution < -0.4 is 9.47 Å². The van der Waals surface area contributed by atoms with Crippen molar-refractivity contribution in [3.8, 4) is 11.5 Å². The summed E-state index contributed by atoms with van der Waals surface area (Å²) in [6, 6.07) is 5.67. The Morgan fingerprint density at radius 1 is 1.25 bits per heavy atom. The fraction of sp³-hybridized carbons (Fsp3) is 0.438. The molecule has 1 amide bonds. The van der Waals surface area contributed by atoms with E-state index in [9.17, 15) is 4.79 Å². The molecule has 0 radical (unpaired) electrons. The maximum Gasteiger partial charge on any atom is 0.249 e. The molecule has 20 heavy (non-hydrogen) atoms. The molecule has 0 unspecified atom stereocenters. The van der Waals surface area contributed by atoms with Gasteiger partial charge in [-0.15, -0.1) is 0 Å². The summed E-state index contributed by atoms with van der Waals surface area (Å²) in [7, 11) is 5.00. The van der Waals surface area contributed by atoms with Crippen molar-refractivity contribution in [3.05, 3.63) is 35.4 Å². The van der Waals surface area contributed by atoms with Gasteiger partial charge in [0.2, 0.25) is 5.91 Å². The molecular weight excluding hydrogens is 254 g/mol. The highest BCUT2D eigenvalue weighted by Gasteiger charge is 2.12. The first-order chi connectivity index (χ1) is 9.53. The molecular formula is C16H23NO3. The van der Waals surface area contributed by atoms with Crippen LogP contribution in [0.4, 0.5) is 0 Å². The van der Waals surface area contributed by atoms with E-state index in [1.54, 1.807) is 26.2 Å². The van der Waals surface area contributed by atoms with Crippen LogP contribution in [-0.4, -0.2) is 32.1 Å². The van der Waals surface area contributed by atoms with Crippen molar-refractivity contribution in [2.24, 2.45) is 0 Å². The largest absolute Gasteiger partial charge is 0.493 e. The van der Waals surface area contributed by atoms with E-state index in [2.05, 4.69) is 0 Å². The summed E-state index contributed by atoms with van der Waals surface area (Å²) in [5.74, 6) is 1.40. The number of methoxy groups -OCH3 is 2. The van der Waals surface area contributed by atoms with Gasteiger partial charge >= 0.3 is 0 Å². The van der Waals surface area contributed by atoms with Gasteiger partial charge in [0.25, 0.3) is 0 Å². The molecule has 4 nitrogen and oxygen atoms in total. The summed E-state index contributed by atoms with van der Waals surface area (Å²) >= 11 is 0. The third-order valence-electron chi connectivity index (χ3n) is 3.06. The molecule has 110 valence electrons. The number of hydrogen-bond acceptors (Lipinski definition) is 3. The molecule has 4 heteroatoms. The van der Waals surface area contributed by atoms with Crippen molar-refractivity contribution in [1.29, 1.82) is 0 Å². The molecule has 1 aromatic rings. The Kier molecular flexibility index (Phi) is 6.10. The maximum atomic E-state index is 12.1. The van der Waals surface area contributed by atoms with Crippen molar-refractivity contribution in [2.75, 3.05) is 21.3 Å². The van der Waals surface area contributed by atoms with Gasteiger partial charge in [0, 0.05) is 19.2 Å². The summed E-state index contributed by atoms with van der Waals surface area (Å²) in [5, 5.41) is 0. The van der Waals surface area contributed by atoms with Crippen LogP contribution in [0.15, 0.2) is 29.8 Å². The number of carbonyl (C=O) groups excluding carboxylic acids is 1. The quantitative estimate of drug-likeness (QED) is 0.750. The van der Waals surface area contributed by atoms with Gasteiger partial charge in [0.15, 0.2) is 11.5 Å². The summed E-state index contributed by atoms with van der Waals surface area (Å²) in [6.45, 7) is 4.40. The number of ether oxygens (including phenoxy) is 2. The highest BCUT2D eigenvalue weighted by Crippen LogP contribution is 2.28. The van der Waals surface area contributed by atoms with Crippen LogP contribution in [-0.2, 0) is 11.3 Å². The lowest BCUT2D eigenvalue weighted by atomic mass is 10.1. The van der Waals surface area contributed by atoms with Crippen LogP contribution in [0.3, 0.4) is 0 Å². The van der Waals surface area contributed by atoms with E-state index in [0.717, 1.165) is 17.6 Å². The molecule has 0 aliphatic heterocycles. The molecule has 0 aliphatic carbocycles. The smallest absolute Gasteiger partial charge is 0.249 e. The number of carbonyl (C=O) groups is 1. The fourth-order valence-electron chi connectivity index (χ4n) is 2.02. The van der Waals surface area contributed by atoms with Gasteiger partial charge in [-0.05, 0) is 31.0 Å². The monoisotopic (exact) mass is 277 g/mol. The fourth-order valence-corrected chi connectivity index (χ4v) is 2.02. The van der Waals surface area contributed by atoms with E-state index in [-0.39, 0.29) is 5.91 Å². The molecule has 0 bridgehead atoms. The Hall–Kier alpha value is -1.97. The molecule has 0 aliphatic rings. The molecule has 0 heterocycles. The highest BCUT2D eigenvalue weighted by molar-refractivity contribution is 5.92. The Balaban J connectivity index is 2.83. The van der Waals surface area contributed by atoms with Gasteiger partial charge in [-0.25, -0.2) is 0 Å². The topological polar surface area (TPSA) is 38.8 Å². The average molecular weight is 277 g/mol. The van der Waals surface area contributed by atoms with Crippen LogP contribution in [0.2, 0.25) is 0 Å². The minimum absolute atomic E-state index is 0.0432. The zero-order chi connectivity index (χ0) is 15.1. The van der Waals surface area contributed by atoms with Gasteiger partial charge in [-0.1, -0.05) is 19.1 Å². The lowest BCUT2D eigenvalue weighted by Gasteiger charge is -2.18. The Morgan fingerprint density at radius 3 is 2.45 bits per heavy atom. The zero-order valence-electron chi connectivity index (χ0n) is 12.9. The van der Waals surface area contributed by atoms with Crippen molar-refractivity contribution >= 4 is 5.91 Å². The lowest BCUT2D eigenvalue weighted by molar-refractivity contribution is -0.126. The third-order valence-corrected chi connectivity index (χ3v) is 3.06. The van der Waals surface area contributed by atoms with Crippen molar-refractivity contribution in [3.63, 3.8) is 0 Å². The Bertz CT molecular complexity index is 494. The molecule has 0 aromatic heterocycles. The first-order valence-electron chi connectivity index (χ1n) is 6.66. The van der Waals surface area contributed by atoms with Crippen LogP contribution in [0.5, 0.6) is 11.5 Å². The molecule has 1 rings (SSSR count). The van der Waals surface area contributed by atoms with Gasteiger partial charge in [-0.2, -0.15) is 0 Å². The van der Waals surface area contributed by atoms with E-state index in [4.69, 9.17) is 9.47 Å². The Labute approximate surface area is 121 Å². The van der Waals surface area contributed by atoms with E-state index < -0.39 is 0 Å². The van der Waals surface area contributed by atoms with Crippen molar-refractivity contribution < 1.29 is 14.3 Å². The normalized spacial score (nSPS) is 11.2. The minimum atomic E-state index is 0.0432. The summed E-state index contributed by atoms with van der Waals surface area (Å²) in [6.07, 6.45) is 2.80. The standard InChI is InChI=1S/C16H23NO3/c1-6-7-12(2)16(18)17(3)11-13-8-9-14(19-4)15(10-13)20-5/h7-10H,6,11H2,1-5H3. The molecule has 1 aromatic carbocycles. The molecule has 0 fully saturated rings. The first kappa shape index (κ1) is 16.1. The second kappa shape index (κ2) is 7.58. The zero-order valence-corrected chi connectivity index (χ0v) is 12.9. The second-order valence-electron chi connectivity index (χ2n) is 4.65. The maximum absolute atomic E-state index is 12.1. The third kappa shape index (κ3) is 4.02. The van der Waals surface area contributed by atoms with Crippen LogP contribution >= 0.6 is 0 Å². The van der Waals surface area contributed by atoms with Gasteiger partial charge < -0.3 is 14.4 Å². The number of likely N-dealkylation sites (N-methyl/N-ethyl adjacent to an activating group) is 1. The van der Waals surface area contributed by atoms with Crippen molar-refractivity contribution in [2.45, 2.75) is 26.8 Å². The van der Waals surface area contributed by atoms with Gasteiger partial charge in [0.05, 0.1) is 14.2 Å². The number of hydrogen-bond donors (Lipinski definition) is 0. The van der Waals surface area contributed by atoms with E-state index in [1.165, 1.54) is 0 Å². The molecule has 0 saturated carbocycles. The number of allylic oxidation sites excluding steroid dienone is 1. The summed E-state index contributed by atoms with van der Waals surface area (Å²) in [5.41, 5.74) is 1.78. The van der Waals surface area contributed by atoms with E-state index in [1.807, 2.05) is 38.1 Å². The summed E-state index contributed by atoms with van der Waals surface area (Å²) in [4.78, 5) is 13.8. The summed E-state index contributed by atoms with van der Waals surface area (Å²) < 4.78 is 10.5. The van der Waals surface area contributed by atoms with Crippen molar-refractivity contribution in [1.82, 2.24) is 4.90 Å². The molecule has 0 atom stereocenters. The van der Waals surface area contributed by atoms with Gasteiger partial charge in [0.1, 0.15) is 0 Å². The lowest BCUT2D eigenvalue weighted by Crippen LogP contribution is -2.26. The van der Waals surface area contributed by atoms with Crippen LogP contribution in [0, 0.1) is 0 Å². The first-order valence-corrected chi connectivity index (χ1v) is 6.66. The predicted molar refractivity (Wildman–Crippen MR) is 80.1 cm³/mol. The van der Waals surface area contributed by atoms with E-state index in [0.29, 0.717) is 18.0 Å². The van der Waals surface area contributed by atoms with Crippen LogP contribution in [0.1, 0.15) is 25.8 Å². The molecule has 0 N–H and O–H groups in total. The van der Waals surface area contributed by atoms with E-state index >= 15 is 0 Å². The molecule has 0 saturated heterocycles. The van der Waals surface area contributed by atoms with Gasteiger partial charge in [-0.3, -0.25) is 4.79 Å². The molecule has 0 spiro atoms. The number of benzene rings is 1.